The molecule has 0 heterocycles. The Morgan fingerprint density at radius 3 is 1.97 bits per heavy atom. The van der Waals surface area contributed by atoms with Crippen LogP contribution in [0, 0.1) is 0 Å². The van der Waals surface area contributed by atoms with E-state index in [-0.39, 0.29) is 5.75 Å². The van der Waals surface area contributed by atoms with Gasteiger partial charge in [0.05, 0.1) is 19.8 Å². The van der Waals surface area contributed by atoms with Crippen molar-refractivity contribution in [2.45, 2.75) is 13.0 Å². The fraction of sp³-hybridized carbons (Fsp3) is 0.172. The molecule has 180 valence electrons. The maximum atomic E-state index is 9.42. The Labute approximate surface area is 206 Å². The smallest absolute Gasteiger partial charge is 0.134 e. The minimum Gasteiger partial charge on any atom is -0.508 e. The summed E-state index contributed by atoms with van der Waals surface area (Å²) in [4.78, 5) is 0. The van der Waals surface area contributed by atoms with Crippen LogP contribution in [0.2, 0.25) is 0 Å². The van der Waals surface area contributed by atoms with Crippen molar-refractivity contribution in [3.8, 4) is 28.7 Å². The summed E-state index contributed by atoms with van der Waals surface area (Å²) in [5.41, 5.74) is 4.09. The molecule has 0 saturated carbocycles. The first-order valence-corrected chi connectivity index (χ1v) is 11.5. The Morgan fingerprint density at radius 2 is 1.34 bits per heavy atom. The number of hydrogen-bond donors (Lipinski definition) is 3. The summed E-state index contributed by atoms with van der Waals surface area (Å²) in [6.45, 7) is 1.36. The van der Waals surface area contributed by atoms with E-state index in [9.17, 15) is 5.11 Å². The van der Waals surface area contributed by atoms with Crippen LogP contribution in [0.5, 0.6) is 28.7 Å². The summed E-state index contributed by atoms with van der Waals surface area (Å²) in [5, 5.41) is 16.2. The van der Waals surface area contributed by atoms with Crippen molar-refractivity contribution in [1.29, 1.82) is 0 Å². The highest BCUT2D eigenvalue weighted by Gasteiger charge is 2.14. The minimum atomic E-state index is 0.276. The number of nitrogens with one attached hydrogen (secondary N) is 2. The zero-order valence-electron chi connectivity index (χ0n) is 20.0. The van der Waals surface area contributed by atoms with Crippen molar-refractivity contribution in [2.75, 3.05) is 26.1 Å². The van der Waals surface area contributed by atoms with Gasteiger partial charge in [0.1, 0.15) is 28.7 Å². The van der Waals surface area contributed by atoms with Crippen LogP contribution in [0.15, 0.2) is 91.0 Å². The van der Waals surface area contributed by atoms with Crippen molar-refractivity contribution >= 4 is 11.4 Å². The van der Waals surface area contributed by atoms with Gasteiger partial charge < -0.3 is 30.0 Å². The molecular formula is C29H30N2O4. The highest BCUT2D eigenvalue weighted by Crippen LogP contribution is 2.36. The predicted molar refractivity (Wildman–Crippen MR) is 139 cm³/mol. The minimum absolute atomic E-state index is 0.276. The van der Waals surface area contributed by atoms with Crippen molar-refractivity contribution in [1.82, 2.24) is 5.32 Å². The number of para-hydroxylation sites is 1. The maximum Gasteiger partial charge on any atom is 0.134 e. The summed E-state index contributed by atoms with van der Waals surface area (Å²) >= 11 is 0. The molecule has 0 bridgehead atoms. The zero-order chi connectivity index (χ0) is 24.5. The lowest BCUT2D eigenvalue weighted by atomic mass is 10.1. The quantitative estimate of drug-likeness (QED) is 0.224. The van der Waals surface area contributed by atoms with Crippen molar-refractivity contribution in [2.24, 2.45) is 0 Å². The normalized spacial score (nSPS) is 10.6. The molecule has 0 unspecified atom stereocenters. The molecule has 4 rings (SSSR count). The molecule has 4 aromatic rings. The molecular weight excluding hydrogens is 440 g/mol. The van der Waals surface area contributed by atoms with Gasteiger partial charge in [0.2, 0.25) is 0 Å². The Kier molecular flexibility index (Phi) is 8.09. The molecule has 0 amide bonds. The maximum absolute atomic E-state index is 9.42. The molecule has 0 aliphatic rings. The van der Waals surface area contributed by atoms with Gasteiger partial charge in [0.25, 0.3) is 0 Å². The van der Waals surface area contributed by atoms with Gasteiger partial charge in [-0.05, 0) is 67.1 Å². The van der Waals surface area contributed by atoms with Crippen molar-refractivity contribution in [3.63, 3.8) is 0 Å². The summed E-state index contributed by atoms with van der Waals surface area (Å²) in [6, 6.07) is 28.8. The SMILES string of the molecule is COc1cc(Oc2ccc(Nc3ccccc3)cc2)cc(OC)c1CNCCc1ccc(O)cc1. The van der Waals surface area contributed by atoms with Gasteiger partial charge in [-0.3, -0.25) is 0 Å². The van der Waals surface area contributed by atoms with Gasteiger partial charge in [-0.2, -0.15) is 0 Å². The summed E-state index contributed by atoms with van der Waals surface area (Å²) in [6.07, 6.45) is 0.848. The van der Waals surface area contributed by atoms with E-state index >= 15 is 0 Å². The Hall–Kier alpha value is -4.16. The standard InChI is InChI=1S/C29H30N2O4/c1-33-28-18-26(35-25-14-10-23(11-15-25)31-22-6-4-3-5-7-22)19-29(34-2)27(28)20-30-17-16-21-8-12-24(32)13-9-21/h3-15,18-19,30-32H,16-17,20H2,1-2H3. The Balaban J connectivity index is 1.39. The molecule has 0 radical (unpaired) electrons. The molecule has 35 heavy (non-hydrogen) atoms. The largest absolute Gasteiger partial charge is 0.508 e. The highest BCUT2D eigenvalue weighted by atomic mass is 16.5. The third-order valence-electron chi connectivity index (χ3n) is 5.56. The second-order valence-electron chi connectivity index (χ2n) is 8.02. The number of methoxy groups -OCH3 is 2. The fourth-order valence-corrected chi connectivity index (χ4v) is 3.73. The van der Waals surface area contributed by atoms with Crippen LogP contribution < -0.4 is 24.8 Å². The van der Waals surface area contributed by atoms with Crippen molar-refractivity contribution in [3.05, 3.63) is 102 Å². The highest BCUT2D eigenvalue weighted by molar-refractivity contribution is 5.60. The Morgan fingerprint density at radius 1 is 0.714 bits per heavy atom. The summed E-state index contributed by atoms with van der Waals surface area (Å²) < 4.78 is 17.4. The first-order chi connectivity index (χ1) is 17.1. The van der Waals surface area contributed by atoms with Gasteiger partial charge in [-0.25, -0.2) is 0 Å². The molecule has 0 saturated heterocycles. The molecule has 6 nitrogen and oxygen atoms in total. The monoisotopic (exact) mass is 470 g/mol. The average molecular weight is 471 g/mol. The predicted octanol–water partition coefficient (Wildman–Crippen LogP) is 6.28. The number of aromatic hydroxyl groups is 1. The number of phenols is 1. The molecule has 0 aromatic heterocycles. The van der Waals surface area contributed by atoms with Gasteiger partial charge in [0, 0.05) is 30.1 Å². The molecule has 6 heteroatoms. The third kappa shape index (κ3) is 6.68. The number of phenolic OH excluding ortho intramolecular Hbond substituents is 1. The van der Waals surface area contributed by atoms with Crippen LogP contribution in [0.25, 0.3) is 0 Å². The topological polar surface area (TPSA) is 72.0 Å². The molecule has 4 aromatic carbocycles. The van der Waals surface area contributed by atoms with E-state index in [1.165, 1.54) is 0 Å². The number of rotatable bonds is 11. The second-order valence-corrected chi connectivity index (χ2v) is 8.02. The van der Waals surface area contributed by atoms with E-state index in [2.05, 4.69) is 10.6 Å². The van der Waals surface area contributed by atoms with Crippen LogP contribution >= 0.6 is 0 Å². The van der Waals surface area contributed by atoms with Crippen LogP contribution in [0.1, 0.15) is 11.1 Å². The van der Waals surface area contributed by atoms with E-state index in [1.54, 1.807) is 26.4 Å². The second kappa shape index (κ2) is 11.8. The third-order valence-corrected chi connectivity index (χ3v) is 5.56. The van der Waals surface area contributed by atoms with E-state index in [4.69, 9.17) is 14.2 Å². The lowest BCUT2D eigenvalue weighted by Crippen LogP contribution is -2.17. The summed E-state index contributed by atoms with van der Waals surface area (Å²) in [7, 11) is 3.28. The van der Waals surface area contributed by atoms with Crippen LogP contribution in [0.3, 0.4) is 0 Å². The van der Waals surface area contributed by atoms with E-state index in [1.807, 2.05) is 78.9 Å². The van der Waals surface area contributed by atoms with Crippen LogP contribution in [-0.2, 0) is 13.0 Å². The van der Waals surface area contributed by atoms with Gasteiger partial charge in [-0.15, -0.1) is 0 Å². The van der Waals surface area contributed by atoms with Crippen molar-refractivity contribution < 1.29 is 19.3 Å². The van der Waals surface area contributed by atoms with Gasteiger partial charge >= 0.3 is 0 Å². The fourth-order valence-electron chi connectivity index (χ4n) is 3.73. The van der Waals surface area contributed by atoms with E-state index in [0.29, 0.717) is 29.5 Å². The number of hydrogen-bond acceptors (Lipinski definition) is 6. The lowest BCUT2D eigenvalue weighted by molar-refractivity contribution is 0.375. The Bertz CT molecular complexity index is 1180. The first kappa shape index (κ1) is 24.0. The first-order valence-electron chi connectivity index (χ1n) is 11.5. The molecule has 0 fully saturated rings. The molecule has 3 N–H and O–H groups in total. The van der Waals surface area contributed by atoms with Crippen LogP contribution in [-0.4, -0.2) is 25.9 Å². The summed E-state index contributed by atoms with van der Waals surface area (Å²) in [5.74, 6) is 3.01. The number of anilines is 2. The molecule has 0 spiro atoms. The molecule has 0 aliphatic carbocycles. The number of ether oxygens (including phenoxy) is 3. The molecule has 0 aliphatic heterocycles. The molecule has 0 atom stereocenters. The van der Waals surface area contributed by atoms with Gasteiger partial charge in [0.15, 0.2) is 0 Å². The zero-order valence-corrected chi connectivity index (χ0v) is 20.0. The van der Waals surface area contributed by atoms with E-state index in [0.717, 1.165) is 35.5 Å². The van der Waals surface area contributed by atoms with Gasteiger partial charge in [-0.1, -0.05) is 30.3 Å². The van der Waals surface area contributed by atoms with E-state index < -0.39 is 0 Å². The average Bonchev–Trinajstić information content (AvgIpc) is 2.89. The number of benzene rings is 4. The van der Waals surface area contributed by atoms with Crippen LogP contribution in [0.4, 0.5) is 11.4 Å². The lowest BCUT2D eigenvalue weighted by Gasteiger charge is -2.16.